The molecule has 0 saturated carbocycles. The van der Waals surface area contributed by atoms with Gasteiger partial charge < -0.3 is 15.7 Å². The summed E-state index contributed by atoms with van der Waals surface area (Å²) in [6.45, 7) is 0.864. The highest BCUT2D eigenvalue weighted by atomic mass is 32.2. The maximum atomic E-state index is 8.93. The molecule has 0 aromatic heterocycles. The lowest BCUT2D eigenvalue weighted by Gasteiger charge is -2.14. The van der Waals surface area contributed by atoms with E-state index in [1.54, 1.807) is 23.5 Å². The Morgan fingerprint density at radius 3 is 2.95 bits per heavy atom. The molecule has 1 unspecified atom stereocenters. The number of oxime groups is 1. The monoisotopic (exact) mass is 298 g/mol. The SMILES string of the molecule is CSc1cccc(SCC2CCCO2)c1/C(N)=N/O. The molecule has 1 heterocycles. The molecular formula is C13H18N2O2S2. The van der Waals surface area contributed by atoms with Crippen LogP contribution in [0.25, 0.3) is 0 Å². The molecule has 0 amide bonds. The van der Waals surface area contributed by atoms with Crippen molar-refractivity contribution in [3.8, 4) is 0 Å². The summed E-state index contributed by atoms with van der Waals surface area (Å²) < 4.78 is 5.62. The number of rotatable bonds is 5. The summed E-state index contributed by atoms with van der Waals surface area (Å²) >= 11 is 3.30. The van der Waals surface area contributed by atoms with Gasteiger partial charge in [0.1, 0.15) is 0 Å². The first-order valence-electron chi connectivity index (χ1n) is 6.15. The third-order valence-electron chi connectivity index (χ3n) is 3.02. The van der Waals surface area contributed by atoms with Crippen molar-refractivity contribution in [2.45, 2.75) is 28.7 Å². The fraction of sp³-hybridized carbons (Fsp3) is 0.462. The number of nitrogens with two attached hydrogens (primary N) is 1. The second-order valence-electron chi connectivity index (χ2n) is 4.26. The summed E-state index contributed by atoms with van der Waals surface area (Å²) in [6.07, 6.45) is 4.57. The second-order valence-corrected chi connectivity index (χ2v) is 6.17. The summed E-state index contributed by atoms with van der Waals surface area (Å²) in [6, 6.07) is 5.98. The number of benzene rings is 1. The highest BCUT2D eigenvalue weighted by Crippen LogP contribution is 2.32. The zero-order valence-electron chi connectivity index (χ0n) is 10.8. The first-order chi connectivity index (χ1) is 9.26. The van der Waals surface area contributed by atoms with Crippen LogP contribution >= 0.6 is 23.5 Å². The Balaban J connectivity index is 2.18. The molecule has 1 aliphatic heterocycles. The summed E-state index contributed by atoms with van der Waals surface area (Å²) in [5, 5.41) is 12.1. The Morgan fingerprint density at radius 1 is 1.53 bits per heavy atom. The molecule has 4 nitrogen and oxygen atoms in total. The molecule has 1 atom stereocenters. The minimum absolute atomic E-state index is 0.166. The van der Waals surface area contributed by atoms with Crippen LogP contribution in [-0.2, 0) is 4.74 Å². The molecule has 0 aliphatic carbocycles. The molecule has 0 radical (unpaired) electrons. The van der Waals surface area contributed by atoms with Crippen molar-refractivity contribution in [2.75, 3.05) is 18.6 Å². The first kappa shape index (κ1) is 14.6. The lowest BCUT2D eigenvalue weighted by Crippen LogP contribution is -2.16. The number of thioether (sulfide) groups is 2. The van der Waals surface area contributed by atoms with E-state index < -0.39 is 0 Å². The lowest BCUT2D eigenvalue weighted by molar-refractivity contribution is 0.129. The van der Waals surface area contributed by atoms with Gasteiger partial charge in [0.2, 0.25) is 0 Å². The van der Waals surface area contributed by atoms with E-state index in [4.69, 9.17) is 15.7 Å². The molecule has 19 heavy (non-hydrogen) atoms. The molecule has 6 heteroatoms. The van der Waals surface area contributed by atoms with Crippen molar-refractivity contribution in [1.82, 2.24) is 0 Å². The van der Waals surface area contributed by atoms with Crippen LogP contribution in [-0.4, -0.2) is 35.8 Å². The quantitative estimate of drug-likeness (QED) is 0.288. The van der Waals surface area contributed by atoms with Gasteiger partial charge in [-0.3, -0.25) is 0 Å². The van der Waals surface area contributed by atoms with Crippen LogP contribution in [0.5, 0.6) is 0 Å². The van der Waals surface area contributed by atoms with E-state index in [2.05, 4.69) is 5.16 Å². The average molecular weight is 298 g/mol. The highest BCUT2D eigenvalue weighted by Gasteiger charge is 2.18. The predicted molar refractivity (Wildman–Crippen MR) is 80.4 cm³/mol. The summed E-state index contributed by atoms with van der Waals surface area (Å²) in [4.78, 5) is 2.06. The third kappa shape index (κ3) is 3.58. The zero-order chi connectivity index (χ0) is 13.7. The zero-order valence-corrected chi connectivity index (χ0v) is 12.5. The van der Waals surface area contributed by atoms with Crippen LogP contribution in [0.1, 0.15) is 18.4 Å². The molecule has 1 aromatic rings. The molecule has 3 N–H and O–H groups in total. The molecule has 2 rings (SSSR count). The van der Waals surface area contributed by atoms with Crippen molar-refractivity contribution >= 4 is 29.4 Å². The Bertz CT molecular complexity index is 460. The predicted octanol–water partition coefficient (Wildman–Crippen LogP) is 2.77. The second kappa shape index (κ2) is 7.07. The van der Waals surface area contributed by atoms with E-state index >= 15 is 0 Å². The van der Waals surface area contributed by atoms with Crippen LogP contribution in [0.3, 0.4) is 0 Å². The lowest BCUT2D eigenvalue weighted by atomic mass is 10.2. The molecule has 1 aliphatic rings. The van der Waals surface area contributed by atoms with Crippen LogP contribution < -0.4 is 5.73 Å². The van der Waals surface area contributed by atoms with Crippen LogP contribution in [0.2, 0.25) is 0 Å². The number of hydrogen-bond donors (Lipinski definition) is 2. The van der Waals surface area contributed by atoms with Crippen molar-refractivity contribution in [3.05, 3.63) is 23.8 Å². The maximum absolute atomic E-state index is 8.93. The van der Waals surface area contributed by atoms with Crippen molar-refractivity contribution in [2.24, 2.45) is 10.9 Å². The number of nitrogens with zero attached hydrogens (tertiary/aromatic N) is 1. The smallest absolute Gasteiger partial charge is 0.172 e. The van der Waals surface area contributed by atoms with Crippen LogP contribution in [0.4, 0.5) is 0 Å². The van der Waals surface area contributed by atoms with Crippen molar-refractivity contribution in [3.63, 3.8) is 0 Å². The Hall–Kier alpha value is -0.850. The van der Waals surface area contributed by atoms with Crippen molar-refractivity contribution < 1.29 is 9.94 Å². The van der Waals surface area contributed by atoms with Gasteiger partial charge in [0.05, 0.1) is 6.10 Å². The van der Waals surface area contributed by atoms with Gasteiger partial charge in [-0.1, -0.05) is 11.2 Å². The minimum Gasteiger partial charge on any atom is -0.409 e. The van der Waals surface area contributed by atoms with E-state index in [9.17, 15) is 0 Å². The normalized spacial score (nSPS) is 19.8. The van der Waals surface area contributed by atoms with E-state index in [0.717, 1.165) is 40.6 Å². The van der Waals surface area contributed by atoms with E-state index in [0.29, 0.717) is 6.10 Å². The Labute approximate surface area is 121 Å². The fourth-order valence-corrected chi connectivity index (χ4v) is 3.92. The minimum atomic E-state index is 0.166. The van der Waals surface area contributed by atoms with Gasteiger partial charge in [0, 0.05) is 27.7 Å². The Morgan fingerprint density at radius 2 is 2.32 bits per heavy atom. The molecule has 0 spiro atoms. The van der Waals surface area contributed by atoms with E-state index in [1.165, 1.54) is 0 Å². The topological polar surface area (TPSA) is 67.8 Å². The molecule has 1 fully saturated rings. The largest absolute Gasteiger partial charge is 0.409 e. The molecule has 0 bridgehead atoms. The van der Waals surface area contributed by atoms with Gasteiger partial charge in [-0.05, 0) is 31.2 Å². The van der Waals surface area contributed by atoms with Gasteiger partial charge in [0.25, 0.3) is 0 Å². The van der Waals surface area contributed by atoms with E-state index in [1.807, 2.05) is 24.5 Å². The van der Waals surface area contributed by atoms with Crippen LogP contribution in [0.15, 0.2) is 33.1 Å². The number of hydrogen-bond acceptors (Lipinski definition) is 5. The standard InChI is InChI=1S/C13H18N2O2S2/c1-18-10-5-2-6-11(12(10)13(14)15-16)19-8-9-4-3-7-17-9/h2,5-6,9,16H,3-4,7-8H2,1H3,(H2,14,15). The van der Waals surface area contributed by atoms with Gasteiger partial charge in [-0.25, -0.2) is 0 Å². The molecule has 1 aromatic carbocycles. The fourth-order valence-electron chi connectivity index (χ4n) is 2.06. The van der Waals surface area contributed by atoms with Gasteiger partial charge in [0.15, 0.2) is 5.84 Å². The van der Waals surface area contributed by atoms with Crippen molar-refractivity contribution in [1.29, 1.82) is 0 Å². The van der Waals surface area contributed by atoms with Gasteiger partial charge in [-0.2, -0.15) is 0 Å². The number of ether oxygens (including phenoxy) is 1. The third-order valence-corrected chi connectivity index (χ3v) is 4.99. The summed E-state index contributed by atoms with van der Waals surface area (Å²) in [7, 11) is 0. The van der Waals surface area contributed by atoms with Gasteiger partial charge >= 0.3 is 0 Å². The van der Waals surface area contributed by atoms with Gasteiger partial charge in [-0.15, -0.1) is 23.5 Å². The molecule has 1 saturated heterocycles. The molecule has 104 valence electrons. The Kier molecular flexibility index (Phi) is 5.42. The maximum Gasteiger partial charge on any atom is 0.172 e. The average Bonchev–Trinajstić information content (AvgIpc) is 2.97. The van der Waals surface area contributed by atoms with E-state index in [-0.39, 0.29) is 5.84 Å². The van der Waals surface area contributed by atoms with Crippen LogP contribution in [0, 0.1) is 0 Å². The highest BCUT2D eigenvalue weighted by molar-refractivity contribution is 8.00. The number of amidine groups is 1. The molecular weight excluding hydrogens is 280 g/mol. The summed E-state index contributed by atoms with van der Waals surface area (Å²) in [5.41, 5.74) is 6.62. The first-order valence-corrected chi connectivity index (χ1v) is 8.36. The summed E-state index contributed by atoms with van der Waals surface area (Å²) in [5.74, 6) is 1.07.